The van der Waals surface area contributed by atoms with E-state index in [1.54, 1.807) is 35.1 Å². The maximum absolute atomic E-state index is 12.5. The minimum atomic E-state index is -0.0601. The number of hydrogen-bond acceptors (Lipinski definition) is 3. The van der Waals surface area contributed by atoms with Crippen molar-refractivity contribution in [1.29, 1.82) is 0 Å². The lowest BCUT2D eigenvalue weighted by Crippen LogP contribution is -2.26. The van der Waals surface area contributed by atoms with E-state index in [4.69, 9.17) is 11.6 Å². The lowest BCUT2D eigenvalue weighted by molar-refractivity contribution is 0.0785. The number of amides is 1. The van der Waals surface area contributed by atoms with Crippen LogP contribution in [0.2, 0.25) is 5.02 Å². The minimum Gasteiger partial charge on any atom is -0.337 e. The molecule has 0 aliphatic carbocycles. The van der Waals surface area contributed by atoms with Crippen LogP contribution in [0.5, 0.6) is 0 Å². The number of hydrogen-bond donors (Lipinski definition) is 0. The lowest BCUT2D eigenvalue weighted by Gasteiger charge is -2.18. The van der Waals surface area contributed by atoms with Gasteiger partial charge in [-0.05, 0) is 35.9 Å². The highest BCUT2D eigenvalue weighted by molar-refractivity contribution is 6.31. The third kappa shape index (κ3) is 3.40. The number of aromatic nitrogens is 3. The van der Waals surface area contributed by atoms with Crippen LogP contribution in [0.25, 0.3) is 5.69 Å². The van der Waals surface area contributed by atoms with Crippen LogP contribution in [-0.4, -0.2) is 32.6 Å². The van der Waals surface area contributed by atoms with Gasteiger partial charge >= 0.3 is 0 Å². The molecule has 3 rings (SSSR count). The van der Waals surface area contributed by atoms with Crippen LogP contribution in [-0.2, 0) is 6.54 Å². The van der Waals surface area contributed by atoms with Crippen LogP contribution in [0.15, 0.2) is 61.2 Å². The quantitative estimate of drug-likeness (QED) is 0.740. The molecule has 0 saturated carbocycles. The lowest BCUT2D eigenvalue weighted by atomic mass is 10.1. The van der Waals surface area contributed by atoms with Crippen LogP contribution in [0, 0.1) is 0 Å². The van der Waals surface area contributed by atoms with Gasteiger partial charge in [-0.15, -0.1) is 0 Å². The second-order valence-corrected chi connectivity index (χ2v) is 5.55. The normalized spacial score (nSPS) is 10.5. The van der Waals surface area contributed by atoms with E-state index in [2.05, 4.69) is 10.1 Å². The van der Waals surface area contributed by atoms with E-state index in [9.17, 15) is 4.79 Å². The molecule has 0 bridgehead atoms. The van der Waals surface area contributed by atoms with Gasteiger partial charge in [0.25, 0.3) is 5.91 Å². The van der Waals surface area contributed by atoms with E-state index in [1.807, 2.05) is 36.4 Å². The highest BCUT2D eigenvalue weighted by Gasteiger charge is 2.13. The predicted molar refractivity (Wildman–Crippen MR) is 88.6 cm³/mol. The molecular weight excluding hydrogens is 312 g/mol. The fourth-order valence-electron chi connectivity index (χ4n) is 2.27. The number of carbonyl (C=O) groups is 1. The molecule has 1 aromatic heterocycles. The molecule has 0 radical (unpaired) electrons. The van der Waals surface area contributed by atoms with Gasteiger partial charge in [0.05, 0.1) is 5.69 Å². The molecule has 3 aromatic rings. The van der Waals surface area contributed by atoms with Gasteiger partial charge in [-0.3, -0.25) is 4.79 Å². The smallest absolute Gasteiger partial charge is 0.253 e. The van der Waals surface area contributed by atoms with Crippen LogP contribution in [0.1, 0.15) is 15.9 Å². The number of carbonyl (C=O) groups excluding carboxylic acids is 1. The third-order valence-electron chi connectivity index (χ3n) is 3.51. The van der Waals surface area contributed by atoms with Gasteiger partial charge in [0.1, 0.15) is 12.7 Å². The minimum absolute atomic E-state index is 0.0601. The molecule has 5 nitrogen and oxygen atoms in total. The molecule has 0 aliphatic rings. The van der Waals surface area contributed by atoms with E-state index in [0.717, 1.165) is 11.3 Å². The summed E-state index contributed by atoms with van der Waals surface area (Å²) in [6.07, 6.45) is 3.08. The molecule has 0 unspecified atom stereocenters. The van der Waals surface area contributed by atoms with E-state index in [0.29, 0.717) is 17.1 Å². The largest absolute Gasteiger partial charge is 0.337 e. The third-order valence-corrected chi connectivity index (χ3v) is 3.88. The Hall–Kier alpha value is -2.66. The standard InChI is InChI=1S/C17H15ClN4O/c1-21(10-14-4-2-3-5-16(14)18)17(23)13-6-8-15(9-7-13)22-12-19-11-20-22/h2-9,11-12H,10H2,1H3. The SMILES string of the molecule is CN(Cc1ccccc1Cl)C(=O)c1ccc(-n2cncn2)cc1. The first kappa shape index (κ1) is 15.2. The zero-order chi connectivity index (χ0) is 16.2. The van der Waals surface area contributed by atoms with E-state index in [-0.39, 0.29) is 5.91 Å². The summed E-state index contributed by atoms with van der Waals surface area (Å²) >= 11 is 6.14. The van der Waals surface area contributed by atoms with E-state index in [1.165, 1.54) is 6.33 Å². The Bertz CT molecular complexity index is 800. The van der Waals surface area contributed by atoms with Crippen molar-refractivity contribution < 1.29 is 4.79 Å². The molecule has 1 amide bonds. The molecule has 0 fully saturated rings. The van der Waals surface area contributed by atoms with Crippen LogP contribution < -0.4 is 0 Å². The first-order valence-corrected chi connectivity index (χ1v) is 7.47. The van der Waals surface area contributed by atoms with Gasteiger partial charge in [-0.1, -0.05) is 29.8 Å². The maximum atomic E-state index is 12.5. The summed E-state index contributed by atoms with van der Waals surface area (Å²) in [6.45, 7) is 0.462. The van der Waals surface area contributed by atoms with E-state index < -0.39 is 0 Å². The Kier molecular flexibility index (Phi) is 4.39. The molecule has 1 heterocycles. The van der Waals surface area contributed by atoms with Crippen LogP contribution >= 0.6 is 11.6 Å². The van der Waals surface area contributed by atoms with Crippen LogP contribution in [0.4, 0.5) is 0 Å². The van der Waals surface area contributed by atoms with Crippen molar-refractivity contribution >= 4 is 17.5 Å². The molecule has 116 valence electrons. The highest BCUT2D eigenvalue weighted by Crippen LogP contribution is 2.18. The Morgan fingerprint density at radius 3 is 2.57 bits per heavy atom. The molecule has 0 atom stereocenters. The zero-order valence-corrected chi connectivity index (χ0v) is 13.3. The Balaban J connectivity index is 1.73. The van der Waals surface area contributed by atoms with Crippen molar-refractivity contribution in [3.05, 3.63) is 77.3 Å². The Morgan fingerprint density at radius 1 is 1.17 bits per heavy atom. The monoisotopic (exact) mass is 326 g/mol. The number of rotatable bonds is 4. The van der Waals surface area contributed by atoms with Crippen molar-refractivity contribution in [2.24, 2.45) is 0 Å². The summed E-state index contributed by atoms with van der Waals surface area (Å²) in [7, 11) is 1.76. The van der Waals surface area contributed by atoms with Crippen molar-refractivity contribution in [2.45, 2.75) is 6.54 Å². The second kappa shape index (κ2) is 6.62. The summed E-state index contributed by atoms with van der Waals surface area (Å²) in [5.74, 6) is -0.0601. The highest BCUT2D eigenvalue weighted by atomic mass is 35.5. The molecule has 6 heteroatoms. The fourth-order valence-corrected chi connectivity index (χ4v) is 2.47. The second-order valence-electron chi connectivity index (χ2n) is 5.14. The molecule has 23 heavy (non-hydrogen) atoms. The van der Waals surface area contributed by atoms with Crippen LogP contribution in [0.3, 0.4) is 0 Å². The summed E-state index contributed by atoms with van der Waals surface area (Å²) in [6, 6.07) is 14.8. The van der Waals surface area contributed by atoms with Gasteiger partial charge in [0.15, 0.2) is 0 Å². The summed E-state index contributed by atoms with van der Waals surface area (Å²) in [5, 5.41) is 4.72. The summed E-state index contributed by atoms with van der Waals surface area (Å²) in [4.78, 5) is 18.1. The first-order chi connectivity index (χ1) is 11.1. The average Bonchev–Trinajstić information content (AvgIpc) is 3.11. The number of halogens is 1. The Labute approximate surface area is 139 Å². The first-order valence-electron chi connectivity index (χ1n) is 7.09. The maximum Gasteiger partial charge on any atom is 0.253 e. The van der Waals surface area contributed by atoms with Gasteiger partial charge in [0.2, 0.25) is 0 Å². The molecule has 0 saturated heterocycles. The van der Waals surface area contributed by atoms with Gasteiger partial charge in [-0.25, -0.2) is 9.67 Å². The summed E-state index contributed by atoms with van der Waals surface area (Å²) in [5.41, 5.74) is 2.39. The Morgan fingerprint density at radius 2 is 1.91 bits per heavy atom. The van der Waals surface area contributed by atoms with E-state index >= 15 is 0 Å². The number of benzene rings is 2. The van der Waals surface area contributed by atoms with Crippen molar-refractivity contribution in [2.75, 3.05) is 7.05 Å². The van der Waals surface area contributed by atoms with Crippen molar-refractivity contribution in [3.63, 3.8) is 0 Å². The molecular formula is C17H15ClN4O. The predicted octanol–water partition coefficient (Wildman–Crippen LogP) is 3.19. The molecule has 0 N–H and O–H groups in total. The molecule has 0 aliphatic heterocycles. The topological polar surface area (TPSA) is 51.0 Å². The fraction of sp³-hybridized carbons (Fsp3) is 0.118. The molecule has 0 spiro atoms. The van der Waals surface area contributed by atoms with Gasteiger partial charge in [0, 0.05) is 24.2 Å². The molecule has 2 aromatic carbocycles. The van der Waals surface area contributed by atoms with Gasteiger partial charge < -0.3 is 4.90 Å². The number of nitrogens with zero attached hydrogens (tertiary/aromatic N) is 4. The zero-order valence-electron chi connectivity index (χ0n) is 12.6. The average molecular weight is 327 g/mol. The van der Waals surface area contributed by atoms with Gasteiger partial charge in [-0.2, -0.15) is 5.10 Å². The summed E-state index contributed by atoms with van der Waals surface area (Å²) < 4.78 is 1.64. The van der Waals surface area contributed by atoms with Crippen molar-refractivity contribution in [1.82, 2.24) is 19.7 Å². The van der Waals surface area contributed by atoms with Crippen molar-refractivity contribution in [3.8, 4) is 5.69 Å².